The van der Waals surface area contributed by atoms with Crippen molar-refractivity contribution in [3.63, 3.8) is 0 Å². The summed E-state index contributed by atoms with van der Waals surface area (Å²) in [6, 6.07) is 0. The lowest BCUT2D eigenvalue weighted by atomic mass is 10.2. The topological polar surface area (TPSA) is 0 Å². The van der Waals surface area contributed by atoms with Crippen LogP contribution in [0.2, 0.25) is 0 Å². The maximum absolute atomic E-state index is 2.32. The number of allylic oxidation sites excluding steroid dienone is 2. The molecule has 11 heavy (non-hydrogen) atoms. The van der Waals surface area contributed by atoms with E-state index in [0.717, 1.165) is 0 Å². The maximum Gasteiger partial charge on any atom is -0.0351 e. The molecule has 0 aromatic heterocycles. The Balaban J connectivity index is 0. The third-order valence-corrected chi connectivity index (χ3v) is 1.60. The van der Waals surface area contributed by atoms with Gasteiger partial charge < -0.3 is 0 Å². The smallest absolute Gasteiger partial charge is 0.0351 e. The van der Waals surface area contributed by atoms with E-state index in [4.69, 9.17) is 0 Å². The van der Waals surface area contributed by atoms with Crippen molar-refractivity contribution in [3.8, 4) is 0 Å². The molecule has 0 aliphatic heterocycles. The number of unbranched alkanes of at least 4 members (excludes halogenated alkanes) is 4. The molecule has 0 fully saturated rings. The van der Waals surface area contributed by atoms with Crippen molar-refractivity contribution in [2.45, 2.75) is 52.4 Å². The number of hydrogen-bond acceptors (Lipinski definition) is 0. The molecule has 0 N–H and O–H groups in total. The van der Waals surface area contributed by atoms with E-state index in [9.17, 15) is 0 Å². The van der Waals surface area contributed by atoms with Crippen molar-refractivity contribution in [1.82, 2.24) is 0 Å². The molecule has 0 radical (unpaired) electrons. The second kappa shape index (κ2) is 12.7. The summed E-state index contributed by atoms with van der Waals surface area (Å²) in [7, 11) is 0. The van der Waals surface area contributed by atoms with E-state index >= 15 is 0 Å². The van der Waals surface area contributed by atoms with Gasteiger partial charge in [0, 0.05) is 0 Å². The molecule has 0 bridgehead atoms. The van der Waals surface area contributed by atoms with Gasteiger partial charge >= 0.3 is 0 Å². The molecule has 0 rings (SSSR count). The van der Waals surface area contributed by atoms with Crippen LogP contribution in [-0.2, 0) is 0 Å². The average Bonchev–Trinajstić information content (AvgIpc) is 1.97. The van der Waals surface area contributed by atoms with Crippen molar-refractivity contribution < 1.29 is 0 Å². The first-order valence-corrected chi connectivity index (χ1v) is 4.56. The van der Waals surface area contributed by atoms with Gasteiger partial charge in [0.25, 0.3) is 0 Å². The minimum Gasteiger partial charge on any atom is -0.147 e. The first kappa shape index (κ1) is 13.6. The van der Waals surface area contributed by atoms with Crippen LogP contribution in [0.25, 0.3) is 0 Å². The van der Waals surface area contributed by atoms with Crippen molar-refractivity contribution in [1.29, 1.82) is 0 Å². The third kappa shape index (κ3) is 13.1. The quantitative estimate of drug-likeness (QED) is 0.417. The van der Waals surface area contributed by atoms with Crippen LogP contribution in [0.3, 0.4) is 0 Å². The Bertz CT molecular complexity index is 76.9. The number of rotatable bonds is 6. The number of hydrogen-bond donors (Lipinski definition) is 0. The third-order valence-electron chi connectivity index (χ3n) is 1.60. The van der Waals surface area contributed by atoms with E-state index in [1.165, 1.54) is 38.5 Å². The minimum atomic E-state index is 0. The highest BCUT2D eigenvalue weighted by atomic mass is 35.5. The van der Waals surface area contributed by atoms with E-state index in [0.29, 0.717) is 0 Å². The van der Waals surface area contributed by atoms with Gasteiger partial charge in [-0.2, -0.15) is 0 Å². The van der Waals surface area contributed by atoms with Gasteiger partial charge in [-0.25, -0.2) is 0 Å². The molecule has 0 aromatic carbocycles. The standard InChI is InChI=1S/C10H20.ClH/c1-3-5-7-9-10-8-6-4-2;/h7,9H,3-6,8,10H2,1-2H3;1H/b9-7+;. The van der Waals surface area contributed by atoms with Crippen LogP contribution in [-0.4, -0.2) is 0 Å². The molecule has 0 nitrogen and oxygen atoms in total. The zero-order valence-corrected chi connectivity index (χ0v) is 8.62. The molecule has 0 saturated carbocycles. The van der Waals surface area contributed by atoms with Crippen LogP contribution >= 0.6 is 12.4 Å². The van der Waals surface area contributed by atoms with Gasteiger partial charge in [0.15, 0.2) is 0 Å². The van der Waals surface area contributed by atoms with Crippen LogP contribution in [0.15, 0.2) is 12.2 Å². The van der Waals surface area contributed by atoms with Gasteiger partial charge in [-0.3, -0.25) is 0 Å². The predicted molar refractivity (Wildman–Crippen MR) is 55.4 cm³/mol. The zero-order chi connectivity index (χ0) is 7.66. The Morgan fingerprint density at radius 2 is 1.45 bits per heavy atom. The number of halogens is 1. The highest BCUT2D eigenvalue weighted by molar-refractivity contribution is 5.85. The Morgan fingerprint density at radius 3 is 2.00 bits per heavy atom. The van der Waals surface area contributed by atoms with Crippen molar-refractivity contribution in [2.75, 3.05) is 0 Å². The Labute approximate surface area is 77.5 Å². The average molecular weight is 177 g/mol. The Morgan fingerprint density at radius 1 is 0.818 bits per heavy atom. The predicted octanol–water partition coefficient (Wildman–Crippen LogP) is 4.34. The lowest BCUT2D eigenvalue weighted by Gasteiger charge is -1.90. The van der Waals surface area contributed by atoms with Crippen molar-refractivity contribution in [3.05, 3.63) is 12.2 Å². The first-order chi connectivity index (χ1) is 4.91. The summed E-state index contributed by atoms with van der Waals surface area (Å²) in [5.74, 6) is 0. The maximum atomic E-state index is 2.32. The molecule has 0 unspecified atom stereocenters. The highest BCUT2D eigenvalue weighted by Gasteiger charge is 1.80. The molecule has 0 aliphatic rings. The zero-order valence-electron chi connectivity index (χ0n) is 7.81. The van der Waals surface area contributed by atoms with Gasteiger partial charge in [0.05, 0.1) is 0 Å². The lowest BCUT2D eigenvalue weighted by Crippen LogP contribution is -1.70. The molecule has 0 atom stereocenters. The summed E-state index contributed by atoms with van der Waals surface area (Å²) >= 11 is 0. The monoisotopic (exact) mass is 176 g/mol. The molecule has 0 heterocycles. The fraction of sp³-hybridized carbons (Fsp3) is 0.800. The van der Waals surface area contributed by atoms with Gasteiger partial charge in [0.2, 0.25) is 0 Å². The molecular formula is C10H21Cl. The molecule has 0 spiro atoms. The summed E-state index contributed by atoms with van der Waals surface area (Å²) in [5, 5.41) is 0. The first-order valence-electron chi connectivity index (χ1n) is 4.56. The SMILES string of the molecule is CCC/C=C/CCCCC.Cl. The van der Waals surface area contributed by atoms with Crippen LogP contribution in [0, 0.1) is 0 Å². The second-order valence-electron chi connectivity index (χ2n) is 2.76. The van der Waals surface area contributed by atoms with E-state index in [1.54, 1.807) is 0 Å². The van der Waals surface area contributed by atoms with E-state index in [2.05, 4.69) is 26.0 Å². The van der Waals surface area contributed by atoms with Gasteiger partial charge in [0.1, 0.15) is 0 Å². The van der Waals surface area contributed by atoms with E-state index in [-0.39, 0.29) is 12.4 Å². The summed E-state index contributed by atoms with van der Waals surface area (Å²) in [5.41, 5.74) is 0. The normalized spacial score (nSPS) is 10.0. The van der Waals surface area contributed by atoms with E-state index < -0.39 is 0 Å². The highest BCUT2D eigenvalue weighted by Crippen LogP contribution is 2.00. The molecule has 0 amide bonds. The summed E-state index contributed by atoms with van der Waals surface area (Å²) in [6.45, 7) is 4.46. The van der Waals surface area contributed by atoms with Crippen LogP contribution < -0.4 is 0 Å². The van der Waals surface area contributed by atoms with E-state index in [1.807, 2.05) is 0 Å². The molecule has 1 heteroatoms. The summed E-state index contributed by atoms with van der Waals surface area (Å²) in [6.07, 6.45) is 12.5. The molecule has 0 saturated heterocycles. The van der Waals surface area contributed by atoms with Crippen LogP contribution in [0.1, 0.15) is 52.4 Å². The molecular weight excluding hydrogens is 156 g/mol. The summed E-state index contributed by atoms with van der Waals surface area (Å²) in [4.78, 5) is 0. The lowest BCUT2D eigenvalue weighted by molar-refractivity contribution is 0.727. The largest absolute Gasteiger partial charge is 0.147 e. The Hall–Kier alpha value is 0.0300. The van der Waals surface area contributed by atoms with Gasteiger partial charge in [-0.15, -0.1) is 12.4 Å². The van der Waals surface area contributed by atoms with Gasteiger partial charge in [-0.05, 0) is 19.3 Å². The fourth-order valence-corrected chi connectivity index (χ4v) is 0.915. The van der Waals surface area contributed by atoms with Crippen LogP contribution in [0.4, 0.5) is 0 Å². The van der Waals surface area contributed by atoms with Crippen LogP contribution in [0.5, 0.6) is 0 Å². The fourth-order valence-electron chi connectivity index (χ4n) is 0.915. The Kier molecular flexibility index (Phi) is 15.7. The van der Waals surface area contributed by atoms with Crippen molar-refractivity contribution in [2.24, 2.45) is 0 Å². The molecule has 68 valence electrons. The van der Waals surface area contributed by atoms with Crippen molar-refractivity contribution >= 4 is 12.4 Å². The molecule has 0 aliphatic carbocycles. The minimum absolute atomic E-state index is 0. The second-order valence-corrected chi connectivity index (χ2v) is 2.76. The summed E-state index contributed by atoms with van der Waals surface area (Å²) < 4.78 is 0. The molecule has 0 aromatic rings. The van der Waals surface area contributed by atoms with Gasteiger partial charge in [-0.1, -0.05) is 45.3 Å².